The molecule has 2 aliphatic heterocycles. The highest BCUT2D eigenvalue weighted by Gasteiger charge is 2.31. The Labute approximate surface area is 113 Å². The Bertz CT molecular complexity index is 334. The first kappa shape index (κ1) is 13.7. The van der Waals surface area contributed by atoms with Crippen LogP contribution in [0.5, 0.6) is 0 Å². The SMILES string of the molecule is CC1(C)CCN(C(=O)C2CCC(=O)NC2)CCS1. The molecule has 2 heterocycles. The van der Waals surface area contributed by atoms with Gasteiger partial charge < -0.3 is 10.2 Å². The Balaban J connectivity index is 1.90. The zero-order valence-corrected chi connectivity index (χ0v) is 12.0. The molecule has 0 aromatic carbocycles. The van der Waals surface area contributed by atoms with E-state index in [4.69, 9.17) is 0 Å². The third-order valence-corrected chi connectivity index (χ3v) is 5.14. The first-order valence-corrected chi connectivity index (χ1v) is 7.66. The number of thioether (sulfide) groups is 1. The summed E-state index contributed by atoms with van der Waals surface area (Å²) in [4.78, 5) is 25.5. The highest BCUT2D eigenvalue weighted by Crippen LogP contribution is 2.31. The van der Waals surface area contributed by atoms with Crippen molar-refractivity contribution in [2.45, 2.75) is 37.9 Å². The molecule has 2 fully saturated rings. The van der Waals surface area contributed by atoms with Gasteiger partial charge in [0, 0.05) is 36.6 Å². The number of nitrogens with zero attached hydrogens (tertiary/aromatic N) is 1. The lowest BCUT2D eigenvalue weighted by atomic mass is 9.97. The molecule has 1 unspecified atom stereocenters. The Morgan fingerprint density at radius 1 is 1.44 bits per heavy atom. The predicted molar refractivity (Wildman–Crippen MR) is 73.5 cm³/mol. The summed E-state index contributed by atoms with van der Waals surface area (Å²) in [6, 6.07) is 0. The molecule has 5 heteroatoms. The van der Waals surface area contributed by atoms with Crippen molar-refractivity contribution in [2.75, 3.05) is 25.4 Å². The molecular weight excluding hydrogens is 248 g/mol. The zero-order valence-electron chi connectivity index (χ0n) is 11.2. The van der Waals surface area contributed by atoms with Crippen molar-refractivity contribution in [3.05, 3.63) is 0 Å². The highest BCUT2D eigenvalue weighted by atomic mass is 32.2. The van der Waals surface area contributed by atoms with E-state index in [-0.39, 0.29) is 22.5 Å². The molecule has 0 aliphatic carbocycles. The minimum absolute atomic E-state index is 0.00564. The summed E-state index contributed by atoms with van der Waals surface area (Å²) in [6.07, 6.45) is 2.24. The summed E-state index contributed by atoms with van der Waals surface area (Å²) in [5.74, 6) is 1.31. The van der Waals surface area contributed by atoms with Crippen molar-refractivity contribution in [1.29, 1.82) is 0 Å². The number of hydrogen-bond donors (Lipinski definition) is 1. The molecule has 1 N–H and O–H groups in total. The van der Waals surface area contributed by atoms with Gasteiger partial charge in [-0.1, -0.05) is 13.8 Å². The topological polar surface area (TPSA) is 49.4 Å². The maximum Gasteiger partial charge on any atom is 0.227 e. The van der Waals surface area contributed by atoms with E-state index < -0.39 is 0 Å². The summed E-state index contributed by atoms with van der Waals surface area (Å²) in [7, 11) is 0. The van der Waals surface area contributed by atoms with Crippen molar-refractivity contribution in [3.63, 3.8) is 0 Å². The van der Waals surface area contributed by atoms with Gasteiger partial charge in [-0.2, -0.15) is 11.8 Å². The van der Waals surface area contributed by atoms with Crippen LogP contribution in [-0.2, 0) is 9.59 Å². The minimum atomic E-state index is -0.00564. The number of carbonyl (C=O) groups is 2. The van der Waals surface area contributed by atoms with Gasteiger partial charge in [-0.3, -0.25) is 9.59 Å². The Morgan fingerprint density at radius 2 is 2.22 bits per heavy atom. The average molecular weight is 270 g/mol. The number of amides is 2. The third kappa shape index (κ3) is 3.40. The molecule has 0 aromatic rings. The second kappa shape index (κ2) is 5.51. The summed E-state index contributed by atoms with van der Waals surface area (Å²) in [5.41, 5.74) is 0. The zero-order chi connectivity index (χ0) is 13.2. The average Bonchev–Trinajstić information content (AvgIpc) is 2.50. The van der Waals surface area contributed by atoms with Gasteiger partial charge in [-0.15, -0.1) is 0 Å². The molecule has 0 radical (unpaired) electrons. The Morgan fingerprint density at radius 3 is 2.89 bits per heavy atom. The van der Waals surface area contributed by atoms with E-state index in [9.17, 15) is 9.59 Å². The predicted octanol–water partition coefficient (Wildman–Crippen LogP) is 1.26. The van der Waals surface area contributed by atoms with Gasteiger partial charge in [0.2, 0.25) is 11.8 Å². The number of carbonyl (C=O) groups excluding carboxylic acids is 2. The summed E-state index contributed by atoms with van der Waals surface area (Å²) < 4.78 is 0.274. The highest BCUT2D eigenvalue weighted by molar-refractivity contribution is 8.00. The molecule has 2 rings (SSSR count). The van der Waals surface area contributed by atoms with Crippen molar-refractivity contribution in [2.24, 2.45) is 5.92 Å². The van der Waals surface area contributed by atoms with E-state index in [1.54, 1.807) is 0 Å². The van der Waals surface area contributed by atoms with Crippen LogP contribution in [0, 0.1) is 5.92 Å². The van der Waals surface area contributed by atoms with Crippen LogP contribution < -0.4 is 5.32 Å². The molecule has 0 saturated carbocycles. The van der Waals surface area contributed by atoms with Gasteiger partial charge >= 0.3 is 0 Å². The number of rotatable bonds is 1. The van der Waals surface area contributed by atoms with E-state index in [1.165, 1.54) is 0 Å². The second-order valence-electron chi connectivity index (χ2n) is 5.72. The second-order valence-corrected chi connectivity index (χ2v) is 7.53. The Hall–Kier alpha value is -0.710. The van der Waals surface area contributed by atoms with Crippen molar-refractivity contribution in [1.82, 2.24) is 10.2 Å². The number of nitrogens with one attached hydrogen (secondary N) is 1. The lowest BCUT2D eigenvalue weighted by molar-refractivity contribution is -0.137. The molecular formula is C13H22N2O2S. The summed E-state index contributed by atoms with van der Waals surface area (Å²) >= 11 is 1.95. The molecule has 0 aromatic heterocycles. The third-order valence-electron chi connectivity index (χ3n) is 3.76. The van der Waals surface area contributed by atoms with Gasteiger partial charge in [-0.05, 0) is 12.8 Å². The van der Waals surface area contributed by atoms with Crippen LogP contribution in [0.3, 0.4) is 0 Å². The van der Waals surface area contributed by atoms with E-state index in [2.05, 4.69) is 19.2 Å². The molecule has 0 spiro atoms. The van der Waals surface area contributed by atoms with Crippen LogP contribution in [0.25, 0.3) is 0 Å². The van der Waals surface area contributed by atoms with Crippen molar-refractivity contribution in [3.8, 4) is 0 Å². The van der Waals surface area contributed by atoms with E-state index in [0.29, 0.717) is 19.4 Å². The van der Waals surface area contributed by atoms with Gasteiger partial charge in [0.25, 0.3) is 0 Å². The van der Waals surface area contributed by atoms with Crippen molar-refractivity contribution < 1.29 is 9.59 Å². The van der Waals surface area contributed by atoms with Crippen LogP contribution in [0.15, 0.2) is 0 Å². The molecule has 102 valence electrons. The maximum atomic E-state index is 12.4. The fraction of sp³-hybridized carbons (Fsp3) is 0.846. The van der Waals surface area contributed by atoms with E-state index in [0.717, 1.165) is 25.3 Å². The summed E-state index contributed by atoms with van der Waals surface area (Å²) in [5, 5.41) is 2.79. The van der Waals surface area contributed by atoms with Crippen LogP contribution in [0.1, 0.15) is 33.1 Å². The minimum Gasteiger partial charge on any atom is -0.355 e. The normalized spacial score (nSPS) is 28.4. The lowest BCUT2D eigenvalue weighted by Gasteiger charge is -2.28. The first-order valence-electron chi connectivity index (χ1n) is 6.67. The number of hydrogen-bond acceptors (Lipinski definition) is 3. The van der Waals surface area contributed by atoms with Crippen LogP contribution in [0.2, 0.25) is 0 Å². The maximum absolute atomic E-state index is 12.4. The number of piperidine rings is 1. The van der Waals surface area contributed by atoms with E-state index >= 15 is 0 Å². The summed E-state index contributed by atoms with van der Waals surface area (Å²) in [6.45, 7) is 6.70. The van der Waals surface area contributed by atoms with Gasteiger partial charge in [-0.25, -0.2) is 0 Å². The molecule has 0 bridgehead atoms. The Kier molecular flexibility index (Phi) is 4.20. The van der Waals surface area contributed by atoms with E-state index in [1.807, 2.05) is 16.7 Å². The molecule has 1 atom stereocenters. The van der Waals surface area contributed by atoms with Gasteiger partial charge in [0.1, 0.15) is 0 Å². The van der Waals surface area contributed by atoms with Gasteiger partial charge in [0.05, 0.1) is 5.92 Å². The fourth-order valence-electron chi connectivity index (χ4n) is 2.44. The molecule has 2 saturated heterocycles. The lowest BCUT2D eigenvalue weighted by Crippen LogP contribution is -2.45. The monoisotopic (exact) mass is 270 g/mol. The largest absolute Gasteiger partial charge is 0.355 e. The fourth-order valence-corrected chi connectivity index (χ4v) is 3.54. The standard InChI is InChI=1S/C13H22N2O2S/c1-13(2)5-6-15(7-8-18-13)12(17)10-3-4-11(16)14-9-10/h10H,3-9H2,1-2H3,(H,14,16). The van der Waals surface area contributed by atoms with Crippen LogP contribution in [-0.4, -0.2) is 46.8 Å². The van der Waals surface area contributed by atoms with Crippen LogP contribution in [0.4, 0.5) is 0 Å². The molecule has 2 aliphatic rings. The first-order chi connectivity index (χ1) is 8.48. The molecule has 18 heavy (non-hydrogen) atoms. The van der Waals surface area contributed by atoms with Crippen LogP contribution >= 0.6 is 11.8 Å². The van der Waals surface area contributed by atoms with Crippen molar-refractivity contribution >= 4 is 23.6 Å². The smallest absolute Gasteiger partial charge is 0.227 e. The molecule has 4 nitrogen and oxygen atoms in total. The molecule has 2 amide bonds. The quantitative estimate of drug-likeness (QED) is 0.780. The van der Waals surface area contributed by atoms with Gasteiger partial charge in [0.15, 0.2) is 0 Å².